The molecule has 0 aliphatic heterocycles. The second kappa shape index (κ2) is 5.78. The van der Waals surface area contributed by atoms with Gasteiger partial charge in [-0.15, -0.1) is 18.3 Å². The standard InChI is InChI=1S/C8H11F3N4O3/c9-8(10,11)18-2-1-15-4-5(13-14-15)3-6(12)7(16)17/h4,6H,1-3,12H2,(H,16,17). The molecule has 0 saturated heterocycles. The lowest BCUT2D eigenvalue weighted by molar-refractivity contribution is -0.325. The van der Waals surface area contributed by atoms with Crippen LogP contribution in [0.5, 0.6) is 0 Å². The van der Waals surface area contributed by atoms with Crippen molar-refractivity contribution in [3.8, 4) is 0 Å². The molecule has 18 heavy (non-hydrogen) atoms. The number of aliphatic carboxylic acids is 1. The number of halogens is 3. The van der Waals surface area contributed by atoms with Crippen LogP contribution in [0, 0.1) is 0 Å². The van der Waals surface area contributed by atoms with E-state index in [1.807, 2.05) is 0 Å². The van der Waals surface area contributed by atoms with E-state index in [-0.39, 0.29) is 18.7 Å². The molecule has 0 saturated carbocycles. The molecule has 0 radical (unpaired) electrons. The van der Waals surface area contributed by atoms with Crippen LogP contribution in [0.1, 0.15) is 5.69 Å². The van der Waals surface area contributed by atoms with E-state index in [0.717, 1.165) is 4.68 Å². The number of nitrogens with two attached hydrogens (primary N) is 1. The maximum Gasteiger partial charge on any atom is 0.522 e. The number of hydrogen-bond donors (Lipinski definition) is 2. The number of carbonyl (C=O) groups is 1. The van der Waals surface area contributed by atoms with Gasteiger partial charge in [0.15, 0.2) is 0 Å². The maximum absolute atomic E-state index is 11.7. The molecule has 0 fully saturated rings. The van der Waals surface area contributed by atoms with Crippen LogP contribution in [0.2, 0.25) is 0 Å². The zero-order valence-corrected chi connectivity index (χ0v) is 9.09. The topological polar surface area (TPSA) is 103 Å². The van der Waals surface area contributed by atoms with Crippen LogP contribution in [0.3, 0.4) is 0 Å². The Morgan fingerprint density at radius 1 is 1.61 bits per heavy atom. The fraction of sp³-hybridized carbons (Fsp3) is 0.625. The first kappa shape index (κ1) is 14.4. The average molecular weight is 268 g/mol. The number of carboxylic acid groups (broad SMARTS) is 1. The van der Waals surface area contributed by atoms with E-state index in [4.69, 9.17) is 10.8 Å². The monoisotopic (exact) mass is 268 g/mol. The maximum atomic E-state index is 11.7. The summed E-state index contributed by atoms with van der Waals surface area (Å²) in [5, 5.41) is 15.7. The average Bonchev–Trinajstić information content (AvgIpc) is 2.63. The van der Waals surface area contributed by atoms with Crippen LogP contribution < -0.4 is 5.73 Å². The SMILES string of the molecule is NC(Cc1cn(CCOC(F)(F)F)nn1)C(=O)O. The normalized spacial score (nSPS) is 13.6. The van der Waals surface area contributed by atoms with E-state index >= 15 is 0 Å². The van der Waals surface area contributed by atoms with Crippen molar-refractivity contribution in [1.82, 2.24) is 15.0 Å². The fourth-order valence-corrected chi connectivity index (χ4v) is 1.11. The third-order valence-electron chi connectivity index (χ3n) is 1.92. The minimum absolute atomic E-state index is 0.0462. The lowest BCUT2D eigenvalue weighted by atomic mass is 10.2. The molecule has 3 N–H and O–H groups in total. The van der Waals surface area contributed by atoms with Crippen molar-refractivity contribution in [2.24, 2.45) is 5.73 Å². The minimum atomic E-state index is -4.69. The predicted octanol–water partition coefficient (Wildman–Crippen LogP) is -0.231. The van der Waals surface area contributed by atoms with Crippen LogP contribution in [0.4, 0.5) is 13.2 Å². The molecule has 0 spiro atoms. The quantitative estimate of drug-likeness (QED) is 0.738. The smallest absolute Gasteiger partial charge is 0.480 e. The Hall–Kier alpha value is -1.68. The molecule has 0 aliphatic rings. The largest absolute Gasteiger partial charge is 0.522 e. The highest BCUT2D eigenvalue weighted by molar-refractivity contribution is 5.73. The van der Waals surface area contributed by atoms with E-state index < -0.39 is 25.0 Å². The van der Waals surface area contributed by atoms with Crippen molar-refractivity contribution < 1.29 is 27.8 Å². The molecular formula is C8H11F3N4O3. The van der Waals surface area contributed by atoms with Gasteiger partial charge < -0.3 is 10.8 Å². The van der Waals surface area contributed by atoms with Crippen molar-refractivity contribution >= 4 is 5.97 Å². The van der Waals surface area contributed by atoms with Crippen molar-refractivity contribution in [3.05, 3.63) is 11.9 Å². The molecule has 0 aliphatic carbocycles. The summed E-state index contributed by atoms with van der Waals surface area (Å²) < 4.78 is 39.7. The Bertz CT molecular complexity index is 407. The third kappa shape index (κ3) is 5.10. The molecule has 0 bridgehead atoms. The van der Waals surface area contributed by atoms with Gasteiger partial charge in [-0.25, -0.2) is 4.68 Å². The van der Waals surface area contributed by atoms with Gasteiger partial charge in [-0.3, -0.25) is 9.53 Å². The van der Waals surface area contributed by atoms with Crippen molar-refractivity contribution in [2.45, 2.75) is 25.4 Å². The molecule has 1 atom stereocenters. The number of aromatic nitrogens is 3. The molecule has 102 valence electrons. The van der Waals surface area contributed by atoms with Crippen LogP contribution in [0.25, 0.3) is 0 Å². The van der Waals surface area contributed by atoms with Gasteiger partial charge in [-0.1, -0.05) is 5.21 Å². The summed E-state index contributed by atoms with van der Waals surface area (Å²) in [7, 11) is 0. The van der Waals surface area contributed by atoms with Gasteiger partial charge in [0.05, 0.1) is 18.8 Å². The number of rotatable bonds is 6. The summed E-state index contributed by atoms with van der Waals surface area (Å²) >= 11 is 0. The summed E-state index contributed by atoms with van der Waals surface area (Å²) in [6, 6.07) is -1.12. The number of carboxylic acids is 1. The van der Waals surface area contributed by atoms with E-state index in [2.05, 4.69) is 15.0 Å². The van der Waals surface area contributed by atoms with Crippen LogP contribution >= 0.6 is 0 Å². The van der Waals surface area contributed by atoms with Crippen molar-refractivity contribution in [3.63, 3.8) is 0 Å². The molecule has 0 aromatic carbocycles. The number of nitrogens with zero attached hydrogens (tertiary/aromatic N) is 3. The summed E-state index contributed by atoms with van der Waals surface area (Å²) in [6.45, 7) is -0.744. The zero-order chi connectivity index (χ0) is 13.8. The van der Waals surface area contributed by atoms with Gasteiger partial charge in [0.1, 0.15) is 6.04 Å². The lowest BCUT2D eigenvalue weighted by Crippen LogP contribution is -2.32. The lowest BCUT2D eigenvalue weighted by Gasteiger charge is -2.06. The minimum Gasteiger partial charge on any atom is -0.480 e. The highest BCUT2D eigenvalue weighted by atomic mass is 19.4. The van der Waals surface area contributed by atoms with Gasteiger partial charge in [-0.2, -0.15) is 0 Å². The molecule has 1 heterocycles. The van der Waals surface area contributed by atoms with Gasteiger partial charge in [0.25, 0.3) is 0 Å². The predicted molar refractivity (Wildman–Crippen MR) is 51.3 cm³/mol. The first-order valence-corrected chi connectivity index (χ1v) is 4.86. The first-order chi connectivity index (χ1) is 8.28. The Balaban J connectivity index is 2.41. The fourth-order valence-electron chi connectivity index (χ4n) is 1.11. The zero-order valence-electron chi connectivity index (χ0n) is 9.09. The second-order valence-corrected chi connectivity index (χ2v) is 3.42. The highest BCUT2D eigenvalue weighted by Crippen LogP contribution is 2.15. The summed E-state index contributed by atoms with van der Waals surface area (Å²) in [5.41, 5.74) is 5.55. The Morgan fingerprint density at radius 2 is 2.28 bits per heavy atom. The molecule has 1 rings (SSSR count). The highest BCUT2D eigenvalue weighted by Gasteiger charge is 2.28. The molecule has 1 aromatic rings. The van der Waals surface area contributed by atoms with Gasteiger partial charge in [0, 0.05) is 12.6 Å². The Kier molecular flexibility index (Phi) is 4.62. The second-order valence-electron chi connectivity index (χ2n) is 3.42. The van der Waals surface area contributed by atoms with Gasteiger partial charge in [0.2, 0.25) is 0 Å². The number of alkyl halides is 3. The van der Waals surface area contributed by atoms with E-state index in [1.165, 1.54) is 6.20 Å². The molecule has 10 heteroatoms. The molecule has 1 aromatic heterocycles. The Morgan fingerprint density at radius 3 is 2.83 bits per heavy atom. The first-order valence-electron chi connectivity index (χ1n) is 4.86. The van der Waals surface area contributed by atoms with Crippen molar-refractivity contribution in [2.75, 3.05) is 6.61 Å². The van der Waals surface area contributed by atoms with Gasteiger partial charge in [-0.05, 0) is 0 Å². The summed E-state index contributed by atoms with van der Waals surface area (Å²) in [6.07, 6.45) is -3.41. The van der Waals surface area contributed by atoms with Crippen LogP contribution in [-0.2, 0) is 22.5 Å². The molecular weight excluding hydrogens is 257 g/mol. The number of hydrogen-bond acceptors (Lipinski definition) is 5. The van der Waals surface area contributed by atoms with E-state index in [0.29, 0.717) is 0 Å². The Labute approximate surface area is 99.3 Å². The third-order valence-corrected chi connectivity index (χ3v) is 1.92. The number of ether oxygens (including phenoxy) is 1. The molecule has 0 amide bonds. The van der Waals surface area contributed by atoms with Crippen LogP contribution in [-0.4, -0.2) is 45.1 Å². The van der Waals surface area contributed by atoms with Gasteiger partial charge >= 0.3 is 12.3 Å². The van der Waals surface area contributed by atoms with E-state index in [9.17, 15) is 18.0 Å². The molecule has 7 nitrogen and oxygen atoms in total. The van der Waals surface area contributed by atoms with E-state index in [1.54, 1.807) is 0 Å². The summed E-state index contributed by atoms with van der Waals surface area (Å²) in [5.74, 6) is -1.19. The van der Waals surface area contributed by atoms with Crippen LogP contribution in [0.15, 0.2) is 6.20 Å². The van der Waals surface area contributed by atoms with Crippen molar-refractivity contribution in [1.29, 1.82) is 0 Å². The summed E-state index contributed by atoms with van der Waals surface area (Å²) in [4.78, 5) is 10.5. The molecule has 1 unspecified atom stereocenters.